The standard InChI is InChI=1S/C21H17ClN2O3/c1-14(15-7-9-17(10-8-15)16-5-3-2-4-6-16)23-21(25)18-11-12-19(22)20(13-18)24(26)27/h2-14H,1H3,(H,23,25)/t14-/m1/s1. The molecule has 3 aromatic rings. The van der Waals surface area contributed by atoms with Crippen LogP contribution in [-0.2, 0) is 0 Å². The van der Waals surface area contributed by atoms with Crippen molar-refractivity contribution in [3.63, 3.8) is 0 Å². The molecule has 0 aliphatic carbocycles. The number of benzene rings is 3. The minimum atomic E-state index is -0.606. The van der Waals surface area contributed by atoms with Crippen molar-refractivity contribution >= 4 is 23.2 Å². The number of nitrogens with one attached hydrogen (secondary N) is 1. The molecule has 5 nitrogen and oxygen atoms in total. The summed E-state index contributed by atoms with van der Waals surface area (Å²) in [4.78, 5) is 22.8. The van der Waals surface area contributed by atoms with Gasteiger partial charge in [0.25, 0.3) is 11.6 Å². The van der Waals surface area contributed by atoms with Crippen LogP contribution >= 0.6 is 11.6 Å². The Kier molecular flexibility index (Phi) is 5.52. The molecule has 0 fully saturated rings. The number of amides is 1. The number of rotatable bonds is 5. The van der Waals surface area contributed by atoms with E-state index in [1.54, 1.807) is 0 Å². The molecule has 0 unspecified atom stereocenters. The number of carbonyl (C=O) groups excluding carboxylic acids is 1. The molecule has 3 rings (SSSR count). The molecule has 136 valence electrons. The van der Waals surface area contributed by atoms with Crippen molar-refractivity contribution in [1.82, 2.24) is 5.32 Å². The van der Waals surface area contributed by atoms with E-state index in [4.69, 9.17) is 11.6 Å². The molecule has 0 bridgehead atoms. The normalized spacial score (nSPS) is 11.6. The van der Waals surface area contributed by atoms with Crippen LogP contribution in [0.5, 0.6) is 0 Å². The van der Waals surface area contributed by atoms with Gasteiger partial charge in [-0.2, -0.15) is 0 Å². The Bertz CT molecular complexity index is 972. The second-order valence-corrected chi connectivity index (χ2v) is 6.51. The van der Waals surface area contributed by atoms with Crippen molar-refractivity contribution in [2.75, 3.05) is 0 Å². The predicted molar refractivity (Wildman–Crippen MR) is 106 cm³/mol. The quantitative estimate of drug-likeness (QED) is 0.475. The molecule has 0 saturated carbocycles. The lowest BCUT2D eigenvalue weighted by molar-refractivity contribution is -0.384. The average molecular weight is 381 g/mol. The number of nitro groups is 1. The van der Waals surface area contributed by atoms with E-state index in [9.17, 15) is 14.9 Å². The molecular weight excluding hydrogens is 364 g/mol. The smallest absolute Gasteiger partial charge is 0.288 e. The molecule has 0 aliphatic rings. The lowest BCUT2D eigenvalue weighted by Gasteiger charge is -2.15. The molecule has 1 N–H and O–H groups in total. The molecule has 0 spiro atoms. The number of carbonyl (C=O) groups is 1. The summed E-state index contributed by atoms with van der Waals surface area (Å²) < 4.78 is 0. The van der Waals surface area contributed by atoms with Gasteiger partial charge in [0.15, 0.2) is 0 Å². The van der Waals surface area contributed by atoms with E-state index in [0.717, 1.165) is 16.7 Å². The Morgan fingerprint density at radius 3 is 2.26 bits per heavy atom. The van der Waals surface area contributed by atoms with Crippen LogP contribution in [0.1, 0.15) is 28.9 Å². The van der Waals surface area contributed by atoms with E-state index < -0.39 is 10.8 Å². The van der Waals surface area contributed by atoms with Crippen molar-refractivity contribution in [2.45, 2.75) is 13.0 Å². The number of hydrogen-bond acceptors (Lipinski definition) is 3. The van der Waals surface area contributed by atoms with Gasteiger partial charge in [0.1, 0.15) is 5.02 Å². The first-order chi connectivity index (χ1) is 13.0. The summed E-state index contributed by atoms with van der Waals surface area (Å²) in [5.74, 6) is -0.394. The maximum Gasteiger partial charge on any atom is 0.288 e. The number of halogens is 1. The van der Waals surface area contributed by atoms with Crippen LogP contribution in [0.4, 0.5) is 5.69 Å². The Morgan fingerprint density at radius 1 is 1.00 bits per heavy atom. The lowest BCUT2D eigenvalue weighted by Crippen LogP contribution is -2.26. The van der Waals surface area contributed by atoms with Gasteiger partial charge in [-0.3, -0.25) is 14.9 Å². The summed E-state index contributed by atoms with van der Waals surface area (Å²) in [5, 5.41) is 13.8. The maximum atomic E-state index is 12.4. The van der Waals surface area contributed by atoms with Gasteiger partial charge in [0.2, 0.25) is 0 Å². The van der Waals surface area contributed by atoms with E-state index in [1.807, 2.05) is 61.5 Å². The van der Waals surface area contributed by atoms with Gasteiger partial charge < -0.3 is 5.32 Å². The summed E-state index contributed by atoms with van der Waals surface area (Å²) >= 11 is 5.79. The highest BCUT2D eigenvalue weighted by molar-refractivity contribution is 6.32. The molecule has 6 heteroatoms. The van der Waals surface area contributed by atoms with Crippen LogP contribution in [0.3, 0.4) is 0 Å². The van der Waals surface area contributed by atoms with Crippen molar-refractivity contribution in [3.05, 3.63) is 99.1 Å². The highest BCUT2D eigenvalue weighted by atomic mass is 35.5. The van der Waals surface area contributed by atoms with Crippen molar-refractivity contribution in [3.8, 4) is 11.1 Å². The highest BCUT2D eigenvalue weighted by Crippen LogP contribution is 2.26. The SMILES string of the molecule is C[C@@H](NC(=O)c1ccc(Cl)c([N+](=O)[O-])c1)c1ccc(-c2ccccc2)cc1. The van der Waals surface area contributed by atoms with Gasteiger partial charge in [-0.15, -0.1) is 0 Å². The molecule has 0 aromatic heterocycles. The fourth-order valence-corrected chi connectivity index (χ4v) is 2.94. The molecule has 27 heavy (non-hydrogen) atoms. The molecule has 1 atom stereocenters. The predicted octanol–water partition coefficient (Wildman–Crippen LogP) is 5.41. The zero-order valence-corrected chi connectivity index (χ0v) is 15.3. The largest absolute Gasteiger partial charge is 0.346 e. The van der Waals surface area contributed by atoms with Crippen LogP contribution < -0.4 is 5.32 Å². The van der Waals surface area contributed by atoms with Crippen molar-refractivity contribution < 1.29 is 9.72 Å². The van der Waals surface area contributed by atoms with E-state index in [-0.39, 0.29) is 22.3 Å². The van der Waals surface area contributed by atoms with Gasteiger partial charge >= 0.3 is 0 Å². The average Bonchev–Trinajstić information content (AvgIpc) is 2.68. The van der Waals surface area contributed by atoms with E-state index >= 15 is 0 Å². The monoisotopic (exact) mass is 380 g/mol. The van der Waals surface area contributed by atoms with Gasteiger partial charge in [-0.25, -0.2) is 0 Å². The first-order valence-corrected chi connectivity index (χ1v) is 8.73. The second kappa shape index (κ2) is 8.01. The number of hydrogen-bond donors (Lipinski definition) is 1. The van der Waals surface area contributed by atoms with Crippen LogP contribution in [0.2, 0.25) is 5.02 Å². The van der Waals surface area contributed by atoms with Crippen molar-refractivity contribution in [2.24, 2.45) is 0 Å². The van der Waals surface area contributed by atoms with E-state index in [1.165, 1.54) is 18.2 Å². The molecule has 0 aliphatic heterocycles. The van der Waals surface area contributed by atoms with Gasteiger partial charge in [0.05, 0.1) is 11.0 Å². The molecule has 3 aromatic carbocycles. The number of nitrogens with zero attached hydrogens (tertiary/aromatic N) is 1. The Hall–Kier alpha value is -3.18. The van der Waals surface area contributed by atoms with E-state index in [2.05, 4.69) is 5.32 Å². The first kappa shape index (κ1) is 18.6. The minimum absolute atomic E-state index is 0.00102. The second-order valence-electron chi connectivity index (χ2n) is 6.11. The maximum absolute atomic E-state index is 12.4. The lowest BCUT2D eigenvalue weighted by atomic mass is 10.0. The molecule has 0 heterocycles. The highest BCUT2D eigenvalue weighted by Gasteiger charge is 2.18. The third-order valence-corrected chi connectivity index (χ3v) is 4.59. The number of nitro benzene ring substituents is 1. The fourth-order valence-electron chi connectivity index (χ4n) is 2.75. The third kappa shape index (κ3) is 4.33. The van der Waals surface area contributed by atoms with Gasteiger partial charge in [-0.1, -0.05) is 66.2 Å². The molecular formula is C21H17ClN2O3. The Balaban J connectivity index is 1.73. The zero-order chi connectivity index (χ0) is 19.4. The van der Waals surface area contributed by atoms with E-state index in [0.29, 0.717) is 0 Å². The van der Waals surface area contributed by atoms with Crippen LogP contribution in [0.15, 0.2) is 72.8 Å². The minimum Gasteiger partial charge on any atom is -0.346 e. The fraction of sp³-hybridized carbons (Fsp3) is 0.0952. The topological polar surface area (TPSA) is 72.2 Å². The summed E-state index contributed by atoms with van der Waals surface area (Å²) in [5.41, 5.74) is 3.05. The Morgan fingerprint density at radius 2 is 1.63 bits per heavy atom. The van der Waals surface area contributed by atoms with Gasteiger partial charge in [-0.05, 0) is 35.7 Å². The summed E-state index contributed by atoms with van der Waals surface area (Å²) in [6.07, 6.45) is 0. The van der Waals surface area contributed by atoms with Crippen molar-refractivity contribution in [1.29, 1.82) is 0 Å². The first-order valence-electron chi connectivity index (χ1n) is 8.36. The summed E-state index contributed by atoms with van der Waals surface area (Å²) in [6.45, 7) is 1.86. The van der Waals surface area contributed by atoms with Crippen LogP contribution in [-0.4, -0.2) is 10.8 Å². The van der Waals surface area contributed by atoms with Crippen LogP contribution in [0.25, 0.3) is 11.1 Å². The third-order valence-electron chi connectivity index (χ3n) is 4.27. The molecule has 0 radical (unpaired) electrons. The van der Waals surface area contributed by atoms with Gasteiger partial charge in [0, 0.05) is 11.6 Å². The molecule has 0 saturated heterocycles. The zero-order valence-electron chi connectivity index (χ0n) is 14.6. The summed E-state index contributed by atoms with van der Waals surface area (Å²) in [6, 6.07) is 21.7. The Labute approximate surface area is 161 Å². The molecule has 1 amide bonds. The van der Waals surface area contributed by atoms with Crippen LogP contribution in [0, 0.1) is 10.1 Å². The summed E-state index contributed by atoms with van der Waals surface area (Å²) in [7, 11) is 0.